The zero-order valence-corrected chi connectivity index (χ0v) is 14.6. The number of benzene rings is 2. The number of rotatable bonds is 3. The molecule has 5 nitrogen and oxygen atoms in total. The summed E-state index contributed by atoms with van der Waals surface area (Å²) in [5.74, 6) is -1.25. The highest BCUT2D eigenvalue weighted by atomic mass is 32.2. The van der Waals surface area contributed by atoms with Crippen LogP contribution in [0.3, 0.4) is 0 Å². The van der Waals surface area contributed by atoms with Crippen molar-refractivity contribution in [3.05, 3.63) is 59.9 Å². The Hall–Kier alpha value is -2.68. The van der Waals surface area contributed by atoms with Crippen LogP contribution in [-0.2, 0) is 16.0 Å². The van der Waals surface area contributed by atoms with Crippen LogP contribution in [-0.4, -0.2) is 29.4 Å². The van der Waals surface area contributed by atoms with Gasteiger partial charge in [-0.25, -0.2) is 18.1 Å². The molecule has 1 heterocycles. The fraction of sp³-hybridized carbons (Fsp3) is 0.176. The van der Waals surface area contributed by atoms with Gasteiger partial charge in [0.2, 0.25) is 0 Å². The van der Waals surface area contributed by atoms with Gasteiger partial charge in [-0.2, -0.15) is 13.2 Å². The number of hydrogen-bond donors (Lipinski definition) is 0. The average molecular weight is 381 g/mol. The smallest absolute Gasteiger partial charge is 0.224 e. The zero-order valence-electron chi connectivity index (χ0n) is 13.8. The van der Waals surface area contributed by atoms with Crippen molar-refractivity contribution in [3.63, 3.8) is 0 Å². The fourth-order valence-electron chi connectivity index (χ4n) is 2.34. The van der Waals surface area contributed by atoms with Crippen molar-refractivity contribution in [1.29, 1.82) is 0 Å². The molecule has 1 aromatic heterocycles. The van der Waals surface area contributed by atoms with Gasteiger partial charge in [0, 0.05) is 11.8 Å². The Bertz CT molecular complexity index is 1040. The number of nitrogens with zero attached hydrogens (tertiary/aromatic N) is 3. The summed E-state index contributed by atoms with van der Waals surface area (Å²) in [6.45, 7) is 1.86. The van der Waals surface area contributed by atoms with E-state index in [9.17, 15) is 21.6 Å². The molecule has 0 atom stereocenters. The predicted molar refractivity (Wildman–Crippen MR) is 89.6 cm³/mol. The largest absolute Gasteiger partial charge is 0.453 e. The van der Waals surface area contributed by atoms with E-state index in [1.165, 1.54) is 24.3 Å². The number of hydrogen-bond acceptors (Lipinski definition) is 4. The summed E-state index contributed by atoms with van der Waals surface area (Å²) in [6, 6.07) is 12.2. The third-order valence-corrected chi connectivity index (χ3v) is 4.81. The summed E-state index contributed by atoms with van der Waals surface area (Å²) in [7, 11) is -3.41. The van der Waals surface area contributed by atoms with Crippen molar-refractivity contribution in [1.82, 2.24) is 14.8 Å². The molecule has 0 saturated carbocycles. The number of aromatic nitrogens is 3. The second kappa shape index (κ2) is 6.24. The van der Waals surface area contributed by atoms with E-state index in [1.54, 1.807) is 24.3 Å². The van der Waals surface area contributed by atoms with Crippen LogP contribution < -0.4 is 0 Å². The van der Waals surface area contributed by atoms with Gasteiger partial charge in [-0.3, -0.25) is 0 Å². The van der Waals surface area contributed by atoms with Crippen LogP contribution >= 0.6 is 0 Å². The molecular weight excluding hydrogens is 367 g/mol. The average Bonchev–Trinajstić information content (AvgIpc) is 3.00. The van der Waals surface area contributed by atoms with Gasteiger partial charge in [-0.15, -0.1) is 5.10 Å². The molecule has 0 amide bonds. The van der Waals surface area contributed by atoms with Crippen LogP contribution in [0.4, 0.5) is 13.2 Å². The van der Waals surface area contributed by atoms with Crippen molar-refractivity contribution in [2.24, 2.45) is 0 Å². The Morgan fingerprint density at radius 1 is 0.962 bits per heavy atom. The van der Waals surface area contributed by atoms with Crippen molar-refractivity contribution in [2.45, 2.75) is 18.0 Å². The van der Waals surface area contributed by atoms with E-state index in [2.05, 4.69) is 10.1 Å². The minimum atomic E-state index is -4.70. The van der Waals surface area contributed by atoms with E-state index in [4.69, 9.17) is 0 Å². The molecule has 136 valence electrons. The third kappa shape index (κ3) is 3.62. The Morgan fingerprint density at radius 3 is 2.04 bits per heavy atom. The summed E-state index contributed by atoms with van der Waals surface area (Å²) in [5.41, 5.74) is 1.69. The van der Waals surface area contributed by atoms with E-state index in [1.807, 2.05) is 6.92 Å². The second-order valence-corrected chi connectivity index (χ2v) is 7.82. The molecule has 0 saturated heterocycles. The van der Waals surface area contributed by atoms with Crippen LogP contribution in [0.2, 0.25) is 0 Å². The first-order chi connectivity index (χ1) is 12.1. The van der Waals surface area contributed by atoms with Crippen LogP contribution in [0.1, 0.15) is 11.4 Å². The molecule has 3 rings (SSSR count). The molecule has 9 heteroatoms. The van der Waals surface area contributed by atoms with Gasteiger partial charge in [0.05, 0.1) is 10.6 Å². The van der Waals surface area contributed by atoms with Crippen molar-refractivity contribution in [3.8, 4) is 17.1 Å². The Kier molecular flexibility index (Phi) is 4.35. The SMILES string of the molecule is Cc1ccc(-c2nc(C(F)(F)F)nn2-c2ccc(S(C)(=O)=O)cc2)cc1. The quantitative estimate of drug-likeness (QED) is 0.695. The first-order valence-corrected chi connectivity index (χ1v) is 9.36. The highest BCUT2D eigenvalue weighted by molar-refractivity contribution is 7.90. The maximum atomic E-state index is 13.1. The monoisotopic (exact) mass is 381 g/mol. The molecular formula is C17H14F3N3O2S. The number of sulfone groups is 1. The predicted octanol–water partition coefficient (Wildman–Crippen LogP) is 3.67. The molecule has 0 aliphatic heterocycles. The molecule has 0 unspecified atom stereocenters. The lowest BCUT2D eigenvalue weighted by Gasteiger charge is -2.07. The Labute approximate surface area is 148 Å². The maximum absolute atomic E-state index is 13.1. The van der Waals surface area contributed by atoms with E-state index in [0.29, 0.717) is 5.56 Å². The number of aryl methyl sites for hydroxylation is 1. The van der Waals surface area contributed by atoms with E-state index in [0.717, 1.165) is 16.5 Å². The standard InChI is InChI=1S/C17H14F3N3O2S/c1-11-3-5-12(6-4-11)15-21-16(17(18,19)20)22-23(15)13-7-9-14(10-8-13)26(2,24)25/h3-10H,1-2H3. The maximum Gasteiger partial charge on any atom is 0.453 e. The van der Waals surface area contributed by atoms with Gasteiger partial charge in [0.25, 0.3) is 5.82 Å². The van der Waals surface area contributed by atoms with Crippen molar-refractivity contribution < 1.29 is 21.6 Å². The summed E-state index contributed by atoms with van der Waals surface area (Å²) in [5, 5.41) is 3.57. The third-order valence-electron chi connectivity index (χ3n) is 3.68. The van der Waals surface area contributed by atoms with Crippen LogP contribution in [0.25, 0.3) is 17.1 Å². The number of halogens is 3. The summed E-state index contributed by atoms with van der Waals surface area (Å²) < 4.78 is 63.4. The minimum absolute atomic E-state index is 0.0180. The van der Waals surface area contributed by atoms with E-state index >= 15 is 0 Å². The van der Waals surface area contributed by atoms with E-state index in [-0.39, 0.29) is 16.4 Å². The summed E-state index contributed by atoms with van der Waals surface area (Å²) in [6.07, 6.45) is -3.64. The van der Waals surface area contributed by atoms with E-state index < -0.39 is 21.8 Å². The van der Waals surface area contributed by atoms with Gasteiger partial charge >= 0.3 is 6.18 Å². The Balaban J connectivity index is 2.16. The molecule has 0 N–H and O–H groups in total. The fourth-order valence-corrected chi connectivity index (χ4v) is 2.97. The lowest BCUT2D eigenvalue weighted by atomic mass is 10.1. The summed E-state index contributed by atoms with van der Waals surface area (Å²) in [4.78, 5) is 3.70. The molecule has 3 aromatic rings. The second-order valence-electron chi connectivity index (χ2n) is 5.80. The van der Waals surface area contributed by atoms with Crippen LogP contribution in [0.15, 0.2) is 53.4 Å². The van der Waals surface area contributed by atoms with Gasteiger partial charge in [0.15, 0.2) is 15.7 Å². The van der Waals surface area contributed by atoms with Crippen molar-refractivity contribution >= 4 is 9.84 Å². The normalized spacial score (nSPS) is 12.3. The summed E-state index contributed by atoms with van der Waals surface area (Å²) >= 11 is 0. The molecule has 26 heavy (non-hydrogen) atoms. The van der Waals surface area contributed by atoms with Crippen LogP contribution in [0, 0.1) is 6.92 Å². The molecule has 0 spiro atoms. The zero-order chi connectivity index (χ0) is 19.1. The topological polar surface area (TPSA) is 64.8 Å². The molecule has 2 aromatic carbocycles. The van der Waals surface area contributed by atoms with Crippen LogP contribution in [0.5, 0.6) is 0 Å². The molecule has 0 aliphatic carbocycles. The van der Waals surface area contributed by atoms with Gasteiger partial charge in [0.1, 0.15) is 0 Å². The first kappa shape index (κ1) is 18.1. The Morgan fingerprint density at radius 2 is 1.54 bits per heavy atom. The van der Waals surface area contributed by atoms with Gasteiger partial charge < -0.3 is 0 Å². The van der Waals surface area contributed by atoms with Crippen molar-refractivity contribution in [2.75, 3.05) is 6.26 Å². The van der Waals surface area contributed by atoms with Gasteiger partial charge in [-0.1, -0.05) is 29.8 Å². The minimum Gasteiger partial charge on any atom is -0.224 e. The van der Waals surface area contributed by atoms with Gasteiger partial charge in [-0.05, 0) is 31.2 Å². The molecule has 0 bridgehead atoms. The lowest BCUT2D eigenvalue weighted by Crippen LogP contribution is -2.08. The first-order valence-electron chi connectivity index (χ1n) is 7.47. The molecule has 0 fully saturated rings. The lowest BCUT2D eigenvalue weighted by molar-refractivity contribution is -0.144. The highest BCUT2D eigenvalue weighted by Crippen LogP contribution is 2.30. The molecule has 0 radical (unpaired) electrons. The number of alkyl halides is 3. The molecule has 0 aliphatic rings. The highest BCUT2D eigenvalue weighted by Gasteiger charge is 2.37.